The van der Waals surface area contributed by atoms with Gasteiger partial charge in [-0.05, 0) is 49.9 Å². The van der Waals surface area contributed by atoms with Crippen molar-refractivity contribution in [2.24, 2.45) is 17.6 Å². The van der Waals surface area contributed by atoms with E-state index in [2.05, 4.69) is 29.2 Å². The van der Waals surface area contributed by atoms with Crippen LogP contribution in [0.5, 0.6) is 0 Å². The SMILES string of the molecule is CC[C@H]1CN(C(=O)[C@H](c2cc(-c3csc(N4CCN(C)CC4)n3)ccc2C(N)=O)C2CCCC2)[C@@H]2C(=O)CO[C@H]12. The molecule has 9 nitrogen and oxygen atoms in total. The van der Waals surface area contributed by atoms with Crippen LogP contribution in [0.1, 0.15) is 60.9 Å². The van der Waals surface area contributed by atoms with Gasteiger partial charge in [-0.3, -0.25) is 14.4 Å². The van der Waals surface area contributed by atoms with E-state index in [9.17, 15) is 14.4 Å². The van der Waals surface area contributed by atoms with Crippen LogP contribution in [0.3, 0.4) is 0 Å². The van der Waals surface area contributed by atoms with Gasteiger partial charge in [0.15, 0.2) is 10.9 Å². The quantitative estimate of drug-likeness (QED) is 0.549. The summed E-state index contributed by atoms with van der Waals surface area (Å²) in [6.45, 7) is 6.52. The van der Waals surface area contributed by atoms with Crippen LogP contribution in [0.25, 0.3) is 11.3 Å². The summed E-state index contributed by atoms with van der Waals surface area (Å²) < 4.78 is 5.85. The molecule has 1 aromatic heterocycles. The highest BCUT2D eigenvalue weighted by atomic mass is 32.1. The fraction of sp³-hybridized carbons (Fsp3) is 0.600. The normalized spacial score (nSPS) is 26.4. The molecule has 0 spiro atoms. The van der Waals surface area contributed by atoms with Crippen LogP contribution in [0.15, 0.2) is 23.6 Å². The first-order valence-corrected chi connectivity index (χ1v) is 15.5. The van der Waals surface area contributed by atoms with Gasteiger partial charge in [0.25, 0.3) is 0 Å². The molecule has 0 bridgehead atoms. The molecular weight excluding hydrogens is 526 g/mol. The predicted octanol–water partition coefficient (Wildman–Crippen LogP) is 3.14. The topological polar surface area (TPSA) is 109 Å². The number of hydrogen-bond donors (Lipinski definition) is 1. The molecule has 6 rings (SSSR count). The van der Waals surface area contributed by atoms with E-state index < -0.39 is 17.9 Å². The first kappa shape index (κ1) is 27.4. The third kappa shape index (κ3) is 4.94. The summed E-state index contributed by atoms with van der Waals surface area (Å²) in [5, 5.41) is 3.04. The van der Waals surface area contributed by atoms with Crippen molar-refractivity contribution in [2.75, 3.05) is 51.3 Å². The number of amides is 2. The zero-order valence-corrected chi connectivity index (χ0v) is 24.2. The Labute approximate surface area is 239 Å². The van der Waals surface area contributed by atoms with E-state index in [0.29, 0.717) is 17.7 Å². The van der Waals surface area contributed by atoms with Gasteiger partial charge in [0.2, 0.25) is 11.8 Å². The summed E-state index contributed by atoms with van der Waals surface area (Å²) in [5.41, 5.74) is 8.64. The largest absolute Gasteiger partial charge is 0.367 e. The zero-order chi connectivity index (χ0) is 28.0. The number of anilines is 1. The summed E-state index contributed by atoms with van der Waals surface area (Å²) in [7, 11) is 2.13. The Bertz CT molecular complexity index is 1280. The highest BCUT2D eigenvalue weighted by Crippen LogP contribution is 2.44. The van der Waals surface area contributed by atoms with Crippen molar-refractivity contribution in [1.82, 2.24) is 14.8 Å². The molecule has 0 radical (unpaired) electrons. The van der Waals surface area contributed by atoms with E-state index in [0.717, 1.165) is 74.7 Å². The Hall–Kier alpha value is -2.82. The Balaban J connectivity index is 1.37. The van der Waals surface area contributed by atoms with Crippen LogP contribution in [0, 0.1) is 11.8 Å². The maximum absolute atomic E-state index is 14.5. The van der Waals surface area contributed by atoms with Gasteiger partial charge in [-0.2, -0.15) is 0 Å². The van der Waals surface area contributed by atoms with Crippen molar-refractivity contribution in [3.63, 3.8) is 0 Å². The number of hydrogen-bond acceptors (Lipinski definition) is 8. The third-order valence-electron chi connectivity index (χ3n) is 9.45. The zero-order valence-electron chi connectivity index (χ0n) is 23.4. The van der Waals surface area contributed by atoms with Crippen LogP contribution in [-0.4, -0.2) is 90.9 Å². The van der Waals surface area contributed by atoms with Gasteiger partial charge in [-0.1, -0.05) is 25.8 Å². The summed E-state index contributed by atoms with van der Waals surface area (Å²) in [4.78, 5) is 51.4. The van der Waals surface area contributed by atoms with Gasteiger partial charge >= 0.3 is 0 Å². The Morgan fingerprint density at radius 1 is 1.18 bits per heavy atom. The number of nitrogens with two attached hydrogens (primary N) is 1. The van der Waals surface area contributed by atoms with Crippen molar-refractivity contribution < 1.29 is 19.1 Å². The predicted molar refractivity (Wildman–Crippen MR) is 155 cm³/mol. The first-order chi connectivity index (χ1) is 19.4. The summed E-state index contributed by atoms with van der Waals surface area (Å²) in [6.07, 6.45) is 4.52. The second-order valence-electron chi connectivity index (χ2n) is 11.8. The fourth-order valence-corrected chi connectivity index (χ4v) is 8.03. The number of aromatic nitrogens is 1. The van der Waals surface area contributed by atoms with E-state index in [1.165, 1.54) is 0 Å². The molecule has 3 aliphatic heterocycles. The Morgan fingerprint density at radius 2 is 1.93 bits per heavy atom. The van der Waals surface area contributed by atoms with Gasteiger partial charge in [-0.25, -0.2) is 4.98 Å². The Kier molecular flexibility index (Phi) is 7.67. The maximum Gasteiger partial charge on any atom is 0.249 e. The van der Waals surface area contributed by atoms with Crippen molar-refractivity contribution in [1.29, 1.82) is 0 Å². The number of primary amides is 1. The van der Waals surface area contributed by atoms with Crippen molar-refractivity contribution in [3.05, 3.63) is 34.7 Å². The summed E-state index contributed by atoms with van der Waals surface area (Å²) >= 11 is 1.62. The van der Waals surface area contributed by atoms with Gasteiger partial charge < -0.3 is 25.2 Å². The van der Waals surface area contributed by atoms with E-state index in [1.54, 1.807) is 22.3 Å². The average molecular weight is 566 g/mol. The van der Waals surface area contributed by atoms with E-state index in [-0.39, 0.29) is 36.2 Å². The molecular formula is C30H39N5O4S. The maximum atomic E-state index is 14.5. The highest BCUT2D eigenvalue weighted by molar-refractivity contribution is 7.14. The minimum atomic E-state index is -0.542. The molecule has 4 heterocycles. The second kappa shape index (κ2) is 11.2. The van der Waals surface area contributed by atoms with Gasteiger partial charge in [0, 0.05) is 55.1 Å². The van der Waals surface area contributed by atoms with E-state index in [4.69, 9.17) is 15.5 Å². The second-order valence-corrected chi connectivity index (χ2v) is 12.7. The smallest absolute Gasteiger partial charge is 0.249 e. The average Bonchev–Trinajstić information content (AvgIpc) is 3.76. The number of thiazole rings is 1. The molecule has 2 aromatic rings. The van der Waals surface area contributed by atoms with Crippen molar-refractivity contribution >= 4 is 34.1 Å². The van der Waals surface area contributed by atoms with Gasteiger partial charge in [0.1, 0.15) is 12.6 Å². The number of Topliss-reactive ketones (excluding diaryl/α,β-unsaturated/α-hetero) is 1. The number of fused-ring (bicyclic) bond motifs is 1. The molecule has 0 unspecified atom stereocenters. The minimum absolute atomic E-state index is 0.0257. The van der Waals surface area contributed by atoms with Gasteiger partial charge in [-0.15, -0.1) is 11.3 Å². The summed E-state index contributed by atoms with van der Waals surface area (Å²) in [6, 6.07) is 5.06. The molecule has 3 saturated heterocycles. The number of carbonyl (C=O) groups is 3. The van der Waals surface area contributed by atoms with Crippen LogP contribution < -0.4 is 10.6 Å². The molecule has 214 valence electrons. The molecule has 1 saturated carbocycles. The van der Waals surface area contributed by atoms with Gasteiger partial charge in [0.05, 0.1) is 17.7 Å². The number of likely N-dealkylation sites (tertiary alicyclic amines) is 1. The van der Waals surface area contributed by atoms with E-state index in [1.807, 2.05) is 12.1 Å². The minimum Gasteiger partial charge on any atom is -0.367 e. The molecule has 10 heteroatoms. The van der Waals surface area contributed by atoms with E-state index >= 15 is 0 Å². The molecule has 2 amide bonds. The standard InChI is InChI=1S/C30H39N5O4S/c1-3-18-15-35(26-24(36)16-39-27(18)26)29(38)25(19-6-4-5-7-19)22-14-20(8-9-21(22)28(31)37)23-17-40-30(32-23)34-12-10-33(2)11-13-34/h8-9,14,17-19,25-27H,3-7,10-13,15-16H2,1-2H3,(H2,31,37)/t18-,25-,26+,27+/m0/s1. The molecule has 4 fully saturated rings. The van der Waals surface area contributed by atoms with Crippen LogP contribution >= 0.6 is 11.3 Å². The number of ketones is 1. The lowest BCUT2D eigenvalue weighted by Gasteiger charge is -2.32. The lowest BCUT2D eigenvalue weighted by Crippen LogP contribution is -2.45. The lowest BCUT2D eigenvalue weighted by molar-refractivity contribution is -0.138. The third-order valence-corrected chi connectivity index (χ3v) is 10.4. The Morgan fingerprint density at radius 3 is 2.62 bits per heavy atom. The van der Waals surface area contributed by atoms with Crippen LogP contribution in [0.2, 0.25) is 0 Å². The molecule has 4 aliphatic rings. The molecule has 2 N–H and O–H groups in total. The number of nitrogens with zero attached hydrogens (tertiary/aromatic N) is 4. The van der Waals surface area contributed by atoms with Crippen molar-refractivity contribution in [3.8, 4) is 11.3 Å². The molecule has 1 aliphatic carbocycles. The lowest BCUT2D eigenvalue weighted by atomic mass is 9.80. The monoisotopic (exact) mass is 565 g/mol. The number of ether oxygens (including phenoxy) is 1. The number of rotatable bonds is 7. The van der Waals surface area contributed by atoms with Crippen LogP contribution in [0.4, 0.5) is 5.13 Å². The number of piperazine rings is 1. The first-order valence-electron chi connectivity index (χ1n) is 14.6. The summed E-state index contributed by atoms with van der Waals surface area (Å²) in [5.74, 6) is -0.955. The van der Waals surface area contributed by atoms with Crippen LogP contribution in [-0.2, 0) is 14.3 Å². The molecule has 40 heavy (non-hydrogen) atoms. The number of carbonyl (C=O) groups excluding carboxylic acids is 3. The number of likely N-dealkylation sites (N-methyl/N-ethyl adjacent to an activating group) is 1. The number of benzene rings is 1. The van der Waals surface area contributed by atoms with Crippen molar-refractivity contribution in [2.45, 2.75) is 57.1 Å². The highest BCUT2D eigenvalue weighted by Gasteiger charge is 2.53. The molecule has 1 aromatic carbocycles. The molecule has 4 atom stereocenters. The fourth-order valence-electron chi connectivity index (χ4n) is 7.14.